The highest BCUT2D eigenvalue weighted by atomic mass is 32.2. The molecule has 0 spiro atoms. The standard InChI is InChI=1S/C15H17FN2O5S/c1-24(22,23)17-8-12(19)18(11-6-7-11)13(14(17)15(20)21)9-2-4-10(16)5-3-9/h2-5,11,13-14H,6-8H2,1H3,(H,20,21). The van der Waals surface area contributed by atoms with Crippen molar-refractivity contribution in [1.82, 2.24) is 9.21 Å². The van der Waals surface area contributed by atoms with E-state index in [4.69, 9.17) is 0 Å². The number of hydrogen-bond acceptors (Lipinski definition) is 4. The SMILES string of the molecule is CS(=O)(=O)N1CC(=O)N(C2CC2)C(c2ccc(F)cc2)C1C(=O)O. The third-order valence-electron chi connectivity index (χ3n) is 4.32. The van der Waals surface area contributed by atoms with Gasteiger partial charge in [0.05, 0.1) is 18.8 Å². The molecule has 1 saturated carbocycles. The van der Waals surface area contributed by atoms with E-state index in [0.29, 0.717) is 9.87 Å². The van der Waals surface area contributed by atoms with Gasteiger partial charge in [-0.15, -0.1) is 0 Å². The Labute approximate surface area is 138 Å². The van der Waals surface area contributed by atoms with Gasteiger partial charge >= 0.3 is 5.97 Å². The molecule has 2 aliphatic rings. The number of benzene rings is 1. The van der Waals surface area contributed by atoms with E-state index in [9.17, 15) is 27.5 Å². The number of carbonyl (C=O) groups excluding carboxylic acids is 1. The smallest absolute Gasteiger partial charge is 0.324 e. The van der Waals surface area contributed by atoms with Crippen molar-refractivity contribution in [2.45, 2.75) is 31.0 Å². The predicted octanol–water partition coefficient (Wildman–Crippen LogP) is 0.586. The van der Waals surface area contributed by atoms with Crippen LogP contribution in [0.3, 0.4) is 0 Å². The van der Waals surface area contributed by atoms with E-state index in [1.807, 2.05) is 0 Å². The number of aliphatic carboxylic acids is 1. The number of carboxylic acids is 1. The topological polar surface area (TPSA) is 95.0 Å². The maximum atomic E-state index is 13.2. The largest absolute Gasteiger partial charge is 0.480 e. The maximum Gasteiger partial charge on any atom is 0.324 e. The van der Waals surface area contributed by atoms with Gasteiger partial charge in [0.2, 0.25) is 15.9 Å². The number of halogens is 1. The first-order valence-corrected chi connectivity index (χ1v) is 9.31. The van der Waals surface area contributed by atoms with Crippen molar-refractivity contribution in [1.29, 1.82) is 0 Å². The molecule has 1 aromatic rings. The molecule has 7 nitrogen and oxygen atoms in total. The molecule has 1 heterocycles. The van der Waals surface area contributed by atoms with Crippen LogP contribution in [0.1, 0.15) is 24.4 Å². The molecule has 1 saturated heterocycles. The predicted molar refractivity (Wildman–Crippen MR) is 82.0 cm³/mol. The third kappa shape index (κ3) is 3.01. The van der Waals surface area contributed by atoms with Gasteiger partial charge in [-0.25, -0.2) is 12.8 Å². The number of carbonyl (C=O) groups is 2. The quantitative estimate of drug-likeness (QED) is 0.852. The summed E-state index contributed by atoms with van der Waals surface area (Å²) in [5, 5.41) is 9.65. The summed E-state index contributed by atoms with van der Waals surface area (Å²) in [5.41, 5.74) is 0.400. The lowest BCUT2D eigenvalue weighted by Gasteiger charge is -2.44. The number of carboxylic acid groups (broad SMARTS) is 1. The van der Waals surface area contributed by atoms with Gasteiger partial charge in [-0.2, -0.15) is 4.31 Å². The van der Waals surface area contributed by atoms with Crippen LogP contribution in [0.4, 0.5) is 4.39 Å². The lowest BCUT2D eigenvalue weighted by atomic mass is 9.94. The zero-order chi connectivity index (χ0) is 17.6. The summed E-state index contributed by atoms with van der Waals surface area (Å²) in [5.74, 6) is -2.27. The summed E-state index contributed by atoms with van der Waals surface area (Å²) in [4.78, 5) is 25.8. The Morgan fingerprint density at radius 3 is 2.29 bits per heavy atom. The van der Waals surface area contributed by atoms with Crippen molar-refractivity contribution >= 4 is 21.9 Å². The molecule has 3 rings (SSSR count). The Hall–Kier alpha value is -2.00. The second kappa shape index (κ2) is 5.82. The molecule has 9 heteroatoms. The van der Waals surface area contributed by atoms with Gasteiger partial charge in [0.15, 0.2) is 0 Å². The van der Waals surface area contributed by atoms with Crippen molar-refractivity contribution in [3.05, 3.63) is 35.6 Å². The van der Waals surface area contributed by atoms with Gasteiger partial charge < -0.3 is 10.0 Å². The van der Waals surface area contributed by atoms with E-state index >= 15 is 0 Å². The second-order valence-electron chi connectivity index (χ2n) is 6.12. The first-order chi connectivity index (χ1) is 11.2. The number of piperazine rings is 1. The summed E-state index contributed by atoms with van der Waals surface area (Å²) in [6.07, 6.45) is 2.37. The number of hydrogen-bond donors (Lipinski definition) is 1. The van der Waals surface area contributed by atoms with Crippen LogP contribution in [0.25, 0.3) is 0 Å². The molecule has 1 aliphatic heterocycles. The number of nitrogens with zero attached hydrogens (tertiary/aromatic N) is 2. The zero-order valence-corrected chi connectivity index (χ0v) is 13.7. The van der Waals surface area contributed by atoms with Crippen LogP contribution in [-0.2, 0) is 19.6 Å². The lowest BCUT2D eigenvalue weighted by molar-refractivity contribution is -0.153. The maximum absolute atomic E-state index is 13.2. The van der Waals surface area contributed by atoms with E-state index in [0.717, 1.165) is 19.1 Å². The summed E-state index contributed by atoms with van der Waals surface area (Å²) in [6.45, 7) is -0.496. The number of amides is 1. The van der Waals surface area contributed by atoms with Gasteiger partial charge in [0, 0.05) is 6.04 Å². The van der Waals surface area contributed by atoms with Gasteiger partial charge in [-0.3, -0.25) is 9.59 Å². The Morgan fingerprint density at radius 2 is 1.83 bits per heavy atom. The molecule has 24 heavy (non-hydrogen) atoms. The minimum atomic E-state index is -3.90. The van der Waals surface area contributed by atoms with Crippen molar-refractivity contribution in [2.75, 3.05) is 12.8 Å². The van der Waals surface area contributed by atoms with Crippen LogP contribution >= 0.6 is 0 Å². The fourth-order valence-electron chi connectivity index (χ4n) is 3.15. The summed E-state index contributed by atoms with van der Waals surface area (Å²) in [6, 6.07) is 2.60. The molecule has 0 bridgehead atoms. The Kier molecular flexibility index (Phi) is 4.08. The molecule has 1 amide bonds. The van der Waals surface area contributed by atoms with Crippen LogP contribution in [-0.4, -0.2) is 59.5 Å². The minimum absolute atomic E-state index is 0.101. The molecule has 1 aromatic carbocycles. The number of rotatable bonds is 4. The van der Waals surface area contributed by atoms with Gasteiger partial charge in [0.1, 0.15) is 11.9 Å². The van der Waals surface area contributed by atoms with Crippen LogP contribution in [0.15, 0.2) is 24.3 Å². The van der Waals surface area contributed by atoms with E-state index in [-0.39, 0.29) is 6.04 Å². The van der Waals surface area contributed by atoms with Gasteiger partial charge in [0.25, 0.3) is 0 Å². The average Bonchev–Trinajstić information content (AvgIpc) is 3.30. The van der Waals surface area contributed by atoms with Crippen molar-refractivity contribution in [3.8, 4) is 0 Å². The fraction of sp³-hybridized carbons (Fsp3) is 0.467. The molecule has 2 fully saturated rings. The van der Waals surface area contributed by atoms with Gasteiger partial charge in [-0.05, 0) is 30.5 Å². The van der Waals surface area contributed by atoms with E-state index in [2.05, 4.69) is 0 Å². The van der Waals surface area contributed by atoms with Crippen LogP contribution in [0.2, 0.25) is 0 Å². The highest BCUT2D eigenvalue weighted by Crippen LogP contribution is 2.41. The van der Waals surface area contributed by atoms with Crippen LogP contribution in [0.5, 0.6) is 0 Å². The van der Waals surface area contributed by atoms with Crippen LogP contribution < -0.4 is 0 Å². The first-order valence-electron chi connectivity index (χ1n) is 7.46. The Morgan fingerprint density at radius 1 is 1.25 bits per heavy atom. The Bertz CT molecular complexity index is 776. The highest BCUT2D eigenvalue weighted by Gasteiger charge is 2.52. The fourth-order valence-corrected chi connectivity index (χ4v) is 4.11. The van der Waals surface area contributed by atoms with E-state index in [1.54, 1.807) is 0 Å². The molecule has 1 aliphatic carbocycles. The molecule has 1 N–H and O–H groups in total. The third-order valence-corrected chi connectivity index (χ3v) is 5.53. The lowest BCUT2D eigenvalue weighted by Crippen LogP contribution is -2.62. The molecule has 130 valence electrons. The van der Waals surface area contributed by atoms with Gasteiger partial charge in [-0.1, -0.05) is 12.1 Å². The second-order valence-corrected chi connectivity index (χ2v) is 8.05. The van der Waals surface area contributed by atoms with Crippen molar-refractivity contribution < 1.29 is 27.5 Å². The molecule has 0 aromatic heterocycles. The van der Waals surface area contributed by atoms with E-state index < -0.39 is 46.3 Å². The summed E-state index contributed by atoms with van der Waals surface area (Å²) in [7, 11) is -3.90. The average molecular weight is 356 g/mol. The van der Waals surface area contributed by atoms with Crippen LogP contribution in [0, 0.1) is 5.82 Å². The zero-order valence-electron chi connectivity index (χ0n) is 12.9. The summed E-state index contributed by atoms with van der Waals surface area (Å²) >= 11 is 0. The van der Waals surface area contributed by atoms with Crippen molar-refractivity contribution in [2.24, 2.45) is 0 Å². The number of sulfonamides is 1. The molecule has 2 atom stereocenters. The normalized spacial score (nSPS) is 25.8. The van der Waals surface area contributed by atoms with Crippen molar-refractivity contribution in [3.63, 3.8) is 0 Å². The highest BCUT2D eigenvalue weighted by molar-refractivity contribution is 7.88. The minimum Gasteiger partial charge on any atom is -0.480 e. The summed E-state index contributed by atoms with van der Waals surface area (Å²) < 4.78 is 37.9. The molecular formula is C15H17FN2O5S. The van der Waals surface area contributed by atoms with E-state index in [1.165, 1.54) is 29.2 Å². The first kappa shape index (κ1) is 16.8. The molecular weight excluding hydrogens is 339 g/mol. The molecule has 0 radical (unpaired) electrons. The molecule has 2 unspecified atom stereocenters. The monoisotopic (exact) mass is 356 g/mol. The Balaban J connectivity index is 2.13.